The maximum absolute atomic E-state index is 13.9. The van der Waals surface area contributed by atoms with Crippen LogP contribution in [0.15, 0.2) is 12.1 Å². The highest BCUT2D eigenvalue weighted by Gasteiger charge is 2.22. The van der Waals surface area contributed by atoms with Crippen LogP contribution < -0.4 is 0 Å². The maximum Gasteiger partial charge on any atom is 0.336 e. The topological polar surface area (TPSA) is 50.2 Å². The van der Waals surface area contributed by atoms with E-state index in [9.17, 15) is 18.7 Å². The van der Waals surface area contributed by atoms with Gasteiger partial charge < -0.3 is 5.11 Å². The molecule has 1 aromatic heterocycles. The van der Waals surface area contributed by atoms with Gasteiger partial charge in [-0.3, -0.25) is 0 Å². The minimum atomic E-state index is -1.15. The van der Waals surface area contributed by atoms with E-state index in [-0.39, 0.29) is 16.5 Å². The van der Waals surface area contributed by atoms with E-state index in [1.165, 1.54) is 0 Å². The Morgan fingerprint density at radius 2 is 1.81 bits per heavy atom. The molecule has 21 heavy (non-hydrogen) atoms. The third-order valence-corrected chi connectivity index (χ3v) is 4.00. The van der Waals surface area contributed by atoms with Crippen molar-refractivity contribution in [1.29, 1.82) is 0 Å². The lowest BCUT2D eigenvalue weighted by molar-refractivity contribution is 0.0697. The first kappa shape index (κ1) is 13.9. The van der Waals surface area contributed by atoms with Gasteiger partial charge in [0.2, 0.25) is 0 Å². The summed E-state index contributed by atoms with van der Waals surface area (Å²) in [7, 11) is 0. The molecular formula is C16H15F2NO2. The lowest BCUT2D eigenvalue weighted by atomic mass is 9.91. The normalized spacial score (nSPS) is 15.3. The second-order valence-electron chi connectivity index (χ2n) is 5.42. The zero-order chi connectivity index (χ0) is 15.0. The van der Waals surface area contributed by atoms with Gasteiger partial charge in [-0.2, -0.15) is 0 Å². The Bertz CT molecular complexity index is 728. The molecular weight excluding hydrogens is 276 g/mol. The van der Waals surface area contributed by atoms with Gasteiger partial charge in [0, 0.05) is 17.1 Å². The van der Waals surface area contributed by atoms with E-state index in [2.05, 4.69) is 4.98 Å². The van der Waals surface area contributed by atoms with Crippen LogP contribution >= 0.6 is 0 Å². The van der Waals surface area contributed by atoms with Crippen molar-refractivity contribution in [2.75, 3.05) is 0 Å². The summed E-state index contributed by atoms with van der Waals surface area (Å²) in [5, 5.41) is 9.57. The minimum absolute atomic E-state index is 0.00954. The number of pyridine rings is 1. The van der Waals surface area contributed by atoms with E-state index in [1.54, 1.807) is 0 Å². The lowest BCUT2D eigenvalue weighted by Gasteiger charge is -2.17. The highest BCUT2D eigenvalue weighted by molar-refractivity contribution is 6.04. The van der Waals surface area contributed by atoms with Crippen LogP contribution in [0.3, 0.4) is 0 Å². The molecule has 1 heterocycles. The number of fused-ring (bicyclic) bond motifs is 2. The van der Waals surface area contributed by atoms with Gasteiger partial charge in [0.25, 0.3) is 0 Å². The third kappa shape index (κ3) is 2.48. The highest BCUT2D eigenvalue weighted by atomic mass is 19.1. The number of halogens is 2. The van der Waals surface area contributed by atoms with Gasteiger partial charge in [0.05, 0.1) is 5.56 Å². The van der Waals surface area contributed by atoms with Crippen LogP contribution in [0.1, 0.15) is 47.3 Å². The molecule has 0 atom stereocenters. The molecule has 0 bridgehead atoms. The largest absolute Gasteiger partial charge is 0.478 e. The van der Waals surface area contributed by atoms with Crippen molar-refractivity contribution in [3.63, 3.8) is 0 Å². The summed E-state index contributed by atoms with van der Waals surface area (Å²) in [4.78, 5) is 15.9. The Morgan fingerprint density at radius 1 is 1.10 bits per heavy atom. The molecule has 0 amide bonds. The van der Waals surface area contributed by atoms with E-state index < -0.39 is 17.6 Å². The van der Waals surface area contributed by atoms with Crippen LogP contribution in [0, 0.1) is 11.6 Å². The Kier molecular flexibility index (Phi) is 3.57. The van der Waals surface area contributed by atoms with Crippen molar-refractivity contribution < 1.29 is 18.7 Å². The molecule has 1 aliphatic rings. The molecule has 1 aliphatic carbocycles. The molecule has 0 radical (unpaired) electrons. The second kappa shape index (κ2) is 5.39. The SMILES string of the molecule is O=C(O)c1c2c(nc3c(F)cc(F)cc13)CCCCCC2. The maximum atomic E-state index is 13.9. The second-order valence-corrected chi connectivity index (χ2v) is 5.42. The monoisotopic (exact) mass is 291 g/mol. The predicted molar refractivity (Wildman–Crippen MR) is 74.5 cm³/mol. The average Bonchev–Trinajstić information content (AvgIpc) is 2.38. The molecule has 0 spiro atoms. The van der Waals surface area contributed by atoms with E-state index in [4.69, 9.17) is 0 Å². The third-order valence-electron chi connectivity index (χ3n) is 4.00. The van der Waals surface area contributed by atoms with Gasteiger partial charge >= 0.3 is 5.97 Å². The quantitative estimate of drug-likeness (QED) is 0.867. The minimum Gasteiger partial charge on any atom is -0.478 e. The fraction of sp³-hybridized carbons (Fsp3) is 0.375. The van der Waals surface area contributed by atoms with Crippen molar-refractivity contribution in [1.82, 2.24) is 4.98 Å². The number of aryl methyl sites for hydroxylation is 1. The number of carboxylic acids is 1. The highest BCUT2D eigenvalue weighted by Crippen LogP contribution is 2.30. The van der Waals surface area contributed by atoms with Gasteiger partial charge in [0.15, 0.2) is 5.82 Å². The number of rotatable bonds is 1. The smallest absolute Gasteiger partial charge is 0.336 e. The van der Waals surface area contributed by atoms with Crippen LogP contribution in [0.2, 0.25) is 0 Å². The summed E-state index contributed by atoms with van der Waals surface area (Å²) in [5.74, 6) is -2.74. The standard InChI is InChI=1S/C16H15F2NO2/c17-9-7-11-14(16(20)21)10-5-3-1-2-4-6-13(10)19-15(11)12(18)8-9/h7-8H,1-6H2,(H,20,21). The Hall–Kier alpha value is -2.04. The van der Waals surface area contributed by atoms with Crippen LogP contribution in [-0.2, 0) is 12.8 Å². The van der Waals surface area contributed by atoms with Gasteiger partial charge in [-0.25, -0.2) is 18.6 Å². The van der Waals surface area contributed by atoms with Crippen LogP contribution in [0.4, 0.5) is 8.78 Å². The van der Waals surface area contributed by atoms with Crippen LogP contribution in [-0.4, -0.2) is 16.1 Å². The van der Waals surface area contributed by atoms with Gasteiger partial charge in [0.1, 0.15) is 11.3 Å². The zero-order valence-corrected chi connectivity index (χ0v) is 11.5. The van der Waals surface area contributed by atoms with Crippen molar-refractivity contribution >= 4 is 16.9 Å². The number of aromatic nitrogens is 1. The Labute approximate surface area is 120 Å². The van der Waals surface area contributed by atoms with Gasteiger partial charge in [-0.05, 0) is 37.3 Å². The van der Waals surface area contributed by atoms with E-state index in [1.807, 2.05) is 0 Å². The molecule has 110 valence electrons. The summed E-state index contributed by atoms with van der Waals surface area (Å²) in [5.41, 5.74) is 1.24. The first-order valence-corrected chi connectivity index (χ1v) is 7.11. The van der Waals surface area contributed by atoms with Crippen molar-refractivity contribution in [2.45, 2.75) is 38.5 Å². The molecule has 0 saturated heterocycles. The van der Waals surface area contributed by atoms with Crippen LogP contribution in [0.25, 0.3) is 10.9 Å². The molecule has 1 aromatic carbocycles. The van der Waals surface area contributed by atoms with Crippen molar-refractivity contribution in [3.05, 3.63) is 40.6 Å². The molecule has 3 rings (SSSR count). The summed E-state index contributed by atoms with van der Waals surface area (Å²) >= 11 is 0. The molecule has 1 N–H and O–H groups in total. The fourth-order valence-electron chi connectivity index (χ4n) is 3.05. The Morgan fingerprint density at radius 3 is 2.52 bits per heavy atom. The number of nitrogens with zero attached hydrogens (tertiary/aromatic N) is 1. The number of hydrogen-bond acceptors (Lipinski definition) is 2. The number of hydrogen-bond donors (Lipinski definition) is 1. The number of aromatic carboxylic acids is 1. The first-order chi connectivity index (χ1) is 10.1. The fourth-order valence-corrected chi connectivity index (χ4v) is 3.05. The predicted octanol–water partition coefficient (Wildman–Crippen LogP) is 3.87. The molecule has 0 saturated carbocycles. The molecule has 0 fully saturated rings. The zero-order valence-electron chi connectivity index (χ0n) is 11.5. The van der Waals surface area contributed by atoms with Crippen molar-refractivity contribution in [2.24, 2.45) is 0 Å². The van der Waals surface area contributed by atoms with E-state index in [0.29, 0.717) is 24.1 Å². The van der Waals surface area contributed by atoms with E-state index in [0.717, 1.165) is 37.8 Å². The van der Waals surface area contributed by atoms with Crippen molar-refractivity contribution in [3.8, 4) is 0 Å². The Balaban J connectivity index is 2.37. The molecule has 2 aromatic rings. The van der Waals surface area contributed by atoms with Crippen LogP contribution in [0.5, 0.6) is 0 Å². The molecule has 3 nitrogen and oxygen atoms in total. The summed E-state index contributed by atoms with van der Waals surface area (Å²) < 4.78 is 27.4. The van der Waals surface area contributed by atoms with E-state index >= 15 is 0 Å². The molecule has 0 aliphatic heterocycles. The number of carbonyl (C=O) groups is 1. The summed E-state index contributed by atoms with van der Waals surface area (Å²) in [6.45, 7) is 0. The molecule has 5 heteroatoms. The summed E-state index contributed by atoms with van der Waals surface area (Å²) in [6, 6.07) is 1.81. The number of benzene rings is 1. The summed E-state index contributed by atoms with van der Waals surface area (Å²) in [6.07, 6.45) is 5.12. The lowest BCUT2D eigenvalue weighted by Crippen LogP contribution is -2.12. The average molecular weight is 291 g/mol. The molecule has 0 unspecified atom stereocenters. The van der Waals surface area contributed by atoms with Gasteiger partial charge in [-0.1, -0.05) is 12.8 Å². The van der Waals surface area contributed by atoms with Gasteiger partial charge in [-0.15, -0.1) is 0 Å². The first-order valence-electron chi connectivity index (χ1n) is 7.11. The number of carboxylic acid groups (broad SMARTS) is 1.